The van der Waals surface area contributed by atoms with Crippen molar-refractivity contribution in [3.63, 3.8) is 0 Å². The van der Waals surface area contributed by atoms with Gasteiger partial charge < -0.3 is 19.7 Å². The monoisotopic (exact) mass is 388 g/mol. The molecule has 2 aliphatic rings. The zero-order valence-electron chi connectivity index (χ0n) is 17.0. The van der Waals surface area contributed by atoms with E-state index < -0.39 is 5.54 Å². The molecule has 1 aromatic rings. The Morgan fingerprint density at radius 3 is 2.64 bits per heavy atom. The van der Waals surface area contributed by atoms with Crippen molar-refractivity contribution in [3.05, 3.63) is 35.4 Å². The van der Waals surface area contributed by atoms with Crippen LogP contribution in [0.2, 0.25) is 0 Å². The predicted octanol–water partition coefficient (Wildman–Crippen LogP) is 2.09. The van der Waals surface area contributed by atoms with Crippen LogP contribution < -0.4 is 5.32 Å². The van der Waals surface area contributed by atoms with Gasteiger partial charge in [-0.15, -0.1) is 0 Å². The van der Waals surface area contributed by atoms with Crippen LogP contribution in [0.3, 0.4) is 0 Å². The predicted molar refractivity (Wildman–Crippen MR) is 107 cm³/mol. The number of hydrogen-bond acceptors (Lipinski definition) is 4. The number of likely N-dealkylation sites (tertiary alicyclic amines) is 1. The fourth-order valence-electron chi connectivity index (χ4n) is 4.07. The maximum absolute atomic E-state index is 12.8. The van der Waals surface area contributed by atoms with Crippen LogP contribution >= 0.6 is 0 Å². The minimum absolute atomic E-state index is 0.00507. The SMILES string of the molecule is COCCC1(NC(=O)C2CCOCC2)CCN(C(=O)Cc2ccc(C)cc2)C1. The van der Waals surface area contributed by atoms with Crippen LogP contribution in [0.25, 0.3) is 0 Å². The van der Waals surface area contributed by atoms with Gasteiger partial charge in [-0.1, -0.05) is 29.8 Å². The number of carbonyl (C=O) groups is 2. The molecule has 0 radical (unpaired) electrons. The topological polar surface area (TPSA) is 67.9 Å². The van der Waals surface area contributed by atoms with Crippen molar-refractivity contribution < 1.29 is 19.1 Å². The third-order valence-electron chi connectivity index (χ3n) is 5.95. The Kier molecular flexibility index (Phi) is 7.08. The molecule has 2 heterocycles. The minimum atomic E-state index is -0.395. The highest BCUT2D eigenvalue weighted by atomic mass is 16.5. The third-order valence-corrected chi connectivity index (χ3v) is 5.95. The second-order valence-corrected chi connectivity index (χ2v) is 8.13. The molecule has 0 saturated carbocycles. The first-order valence-electron chi connectivity index (χ1n) is 10.2. The first kappa shape index (κ1) is 20.8. The number of ether oxygens (including phenoxy) is 2. The molecule has 0 spiro atoms. The first-order valence-corrected chi connectivity index (χ1v) is 10.2. The van der Waals surface area contributed by atoms with Crippen molar-refractivity contribution in [1.82, 2.24) is 10.2 Å². The van der Waals surface area contributed by atoms with Crippen LogP contribution in [0, 0.1) is 12.8 Å². The molecule has 6 nitrogen and oxygen atoms in total. The number of hydrogen-bond donors (Lipinski definition) is 1. The van der Waals surface area contributed by atoms with Gasteiger partial charge in [0.05, 0.1) is 12.0 Å². The lowest BCUT2D eigenvalue weighted by Gasteiger charge is -2.33. The molecular weight excluding hydrogens is 356 g/mol. The van der Waals surface area contributed by atoms with E-state index in [-0.39, 0.29) is 17.7 Å². The van der Waals surface area contributed by atoms with Gasteiger partial charge in [0.15, 0.2) is 0 Å². The van der Waals surface area contributed by atoms with E-state index in [9.17, 15) is 9.59 Å². The van der Waals surface area contributed by atoms with E-state index in [1.807, 2.05) is 36.1 Å². The van der Waals surface area contributed by atoms with E-state index in [4.69, 9.17) is 9.47 Å². The molecule has 0 aliphatic carbocycles. The van der Waals surface area contributed by atoms with Crippen molar-refractivity contribution in [2.24, 2.45) is 5.92 Å². The van der Waals surface area contributed by atoms with Gasteiger partial charge in [0.1, 0.15) is 0 Å². The van der Waals surface area contributed by atoms with Gasteiger partial charge in [0.25, 0.3) is 0 Å². The molecule has 2 fully saturated rings. The van der Waals surface area contributed by atoms with Gasteiger partial charge in [0.2, 0.25) is 11.8 Å². The molecule has 1 aromatic carbocycles. The summed E-state index contributed by atoms with van der Waals surface area (Å²) < 4.78 is 10.7. The number of nitrogens with one attached hydrogen (secondary N) is 1. The summed E-state index contributed by atoms with van der Waals surface area (Å²) in [6.45, 7) is 5.11. The second kappa shape index (κ2) is 9.52. The van der Waals surface area contributed by atoms with E-state index in [0.29, 0.717) is 45.8 Å². The van der Waals surface area contributed by atoms with Gasteiger partial charge in [-0.05, 0) is 38.2 Å². The highest BCUT2D eigenvalue weighted by Crippen LogP contribution is 2.27. The molecule has 1 unspecified atom stereocenters. The highest BCUT2D eigenvalue weighted by Gasteiger charge is 2.41. The fourth-order valence-corrected chi connectivity index (χ4v) is 4.07. The number of benzene rings is 1. The number of carbonyl (C=O) groups excluding carboxylic acids is 2. The highest BCUT2D eigenvalue weighted by molar-refractivity contribution is 5.81. The van der Waals surface area contributed by atoms with E-state index in [1.54, 1.807) is 7.11 Å². The quantitative estimate of drug-likeness (QED) is 0.777. The normalized spacial score (nSPS) is 23.0. The lowest BCUT2D eigenvalue weighted by Crippen LogP contribution is -2.53. The second-order valence-electron chi connectivity index (χ2n) is 8.13. The Morgan fingerprint density at radius 1 is 1.25 bits per heavy atom. The van der Waals surface area contributed by atoms with Crippen LogP contribution in [-0.2, 0) is 25.5 Å². The van der Waals surface area contributed by atoms with Crippen LogP contribution in [0.1, 0.15) is 36.8 Å². The fraction of sp³-hybridized carbons (Fsp3) is 0.636. The molecule has 1 atom stereocenters. The summed E-state index contributed by atoms with van der Waals surface area (Å²) >= 11 is 0. The van der Waals surface area contributed by atoms with E-state index in [0.717, 1.165) is 24.8 Å². The zero-order valence-corrected chi connectivity index (χ0v) is 17.0. The van der Waals surface area contributed by atoms with Crippen molar-refractivity contribution in [2.75, 3.05) is 40.0 Å². The van der Waals surface area contributed by atoms with Crippen molar-refractivity contribution in [3.8, 4) is 0 Å². The van der Waals surface area contributed by atoms with E-state index in [1.165, 1.54) is 5.56 Å². The molecule has 28 heavy (non-hydrogen) atoms. The lowest BCUT2D eigenvalue weighted by atomic mass is 9.91. The third kappa shape index (κ3) is 5.32. The molecule has 2 amide bonds. The van der Waals surface area contributed by atoms with Gasteiger partial charge in [-0.25, -0.2) is 0 Å². The summed E-state index contributed by atoms with van der Waals surface area (Å²) in [6, 6.07) is 8.08. The Bertz CT molecular complexity index is 670. The van der Waals surface area contributed by atoms with Crippen molar-refractivity contribution >= 4 is 11.8 Å². The summed E-state index contributed by atoms with van der Waals surface area (Å²) in [7, 11) is 1.67. The number of aryl methyl sites for hydroxylation is 1. The largest absolute Gasteiger partial charge is 0.385 e. The number of rotatable bonds is 7. The molecule has 3 rings (SSSR count). The van der Waals surface area contributed by atoms with Gasteiger partial charge >= 0.3 is 0 Å². The molecule has 6 heteroatoms. The molecule has 2 saturated heterocycles. The van der Waals surface area contributed by atoms with Crippen LogP contribution in [0.5, 0.6) is 0 Å². The van der Waals surface area contributed by atoms with Crippen molar-refractivity contribution in [2.45, 2.75) is 44.6 Å². The Balaban J connectivity index is 1.62. The minimum Gasteiger partial charge on any atom is -0.385 e. The van der Waals surface area contributed by atoms with Crippen molar-refractivity contribution in [1.29, 1.82) is 0 Å². The van der Waals surface area contributed by atoms with E-state index >= 15 is 0 Å². The van der Waals surface area contributed by atoms with Crippen LogP contribution in [-0.4, -0.2) is 62.3 Å². The Morgan fingerprint density at radius 2 is 1.96 bits per heavy atom. The Labute approximate surface area is 167 Å². The molecular formula is C22H32N2O4. The summed E-state index contributed by atoms with van der Waals surface area (Å²) in [5, 5.41) is 3.28. The van der Waals surface area contributed by atoms with Gasteiger partial charge in [0, 0.05) is 45.9 Å². The molecule has 1 N–H and O–H groups in total. The summed E-state index contributed by atoms with van der Waals surface area (Å²) in [6.07, 6.45) is 3.41. The molecule has 154 valence electrons. The summed E-state index contributed by atoms with van der Waals surface area (Å²) in [5.41, 5.74) is 1.82. The summed E-state index contributed by atoms with van der Waals surface area (Å²) in [4.78, 5) is 27.5. The standard InChI is InChI=1S/C22H32N2O4/c1-17-3-5-18(6-4-17)15-20(25)24-11-9-22(16-24,10-14-27-2)23-21(26)19-7-12-28-13-8-19/h3-6,19H,7-16H2,1-2H3,(H,23,26). The number of nitrogens with zero attached hydrogens (tertiary/aromatic N) is 1. The summed E-state index contributed by atoms with van der Waals surface area (Å²) in [5.74, 6) is 0.209. The van der Waals surface area contributed by atoms with Gasteiger partial charge in [-0.2, -0.15) is 0 Å². The molecule has 2 aliphatic heterocycles. The first-order chi connectivity index (χ1) is 13.5. The smallest absolute Gasteiger partial charge is 0.227 e. The zero-order chi connectivity index (χ0) is 20.0. The maximum Gasteiger partial charge on any atom is 0.227 e. The van der Waals surface area contributed by atoms with E-state index in [2.05, 4.69) is 5.32 Å². The van der Waals surface area contributed by atoms with Gasteiger partial charge in [-0.3, -0.25) is 9.59 Å². The molecule has 0 aromatic heterocycles. The maximum atomic E-state index is 12.8. The number of methoxy groups -OCH3 is 1. The molecule has 0 bridgehead atoms. The lowest BCUT2D eigenvalue weighted by molar-refractivity contribution is -0.132. The van der Waals surface area contributed by atoms with Crippen LogP contribution in [0.15, 0.2) is 24.3 Å². The Hall–Kier alpha value is -1.92. The van der Waals surface area contributed by atoms with Crippen LogP contribution in [0.4, 0.5) is 0 Å². The number of amides is 2. The average Bonchev–Trinajstić information content (AvgIpc) is 3.13. The average molecular weight is 389 g/mol.